The van der Waals surface area contributed by atoms with Crippen molar-refractivity contribution in [2.24, 2.45) is 17.8 Å². The second-order valence-electron chi connectivity index (χ2n) is 18.5. The van der Waals surface area contributed by atoms with Crippen molar-refractivity contribution in [2.75, 3.05) is 6.54 Å². The Morgan fingerprint density at radius 3 is 2.35 bits per heavy atom. The highest BCUT2D eigenvalue weighted by Gasteiger charge is 2.64. The lowest BCUT2D eigenvalue weighted by atomic mass is 9.85. The first-order valence-corrected chi connectivity index (χ1v) is 22.5. The van der Waals surface area contributed by atoms with Gasteiger partial charge in [0.2, 0.25) is 39.3 Å². The number of ether oxygens (including phenoxy) is 1. The average molecular weight is 942 g/mol. The van der Waals surface area contributed by atoms with Crippen LogP contribution in [-0.4, -0.2) is 109 Å². The summed E-state index contributed by atoms with van der Waals surface area (Å²) in [4.78, 5) is 69.4. The Hall–Kier alpha value is -5.48. The monoisotopic (exact) mass is 941 g/mol. The molecule has 3 aromatic rings. The van der Waals surface area contributed by atoms with Crippen LogP contribution in [0.4, 0.5) is 31.1 Å². The molecule has 0 spiro atoms. The number of benzene rings is 1. The second-order valence-corrected chi connectivity index (χ2v) is 20.7. The van der Waals surface area contributed by atoms with Crippen molar-refractivity contribution >= 4 is 44.9 Å². The number of nitrogens with zero attached hydrogens (tertiary/aromatic N) is 5. The number of aromatic nitrogens is 3. The number of rotatable bonds is 8. The number of hydrogen-bond acceptors (Lipinski definition) is 11. The largest absolute Gasteiger partial charge is 0.471 e. The van der Waals surface area contributed by atoms with Crippen molar-refractivity contribution in [3.05, 3.63) is 48.0 Å². The smallest absolute Gasteiger partial charge is 0.438 e. The van der Waals surface area contributed by atoms with E-state index < -0.39 is 117 Å². The first-order chi connectivity index (χ1) is 30.1. The van der Waals surface area contributed by atoms with Crippen LogP contribution in [0.1, 0.15) is 91.0 Å². The zero-order valence-corrected chi connectivity index (χ0v) is 37.0. The van der Waals surface area contributed by atoms with Gasteiger partial charge in [-0.25, -0.2) is 28.2 Å². The third kappa shape index (κ3) is 9.08. The molecule has 3 fully saturated rings. The van der Waals surface area contributed by atoms with Gasteiger partial charge >= 0.3 is 18.4 Å². The molecule has 3 N–H and O–H groups in total. The van der Waals surface area contributed by atoms with E-state index in [4.69, 9.17) is 9.15 Å². The normalized spacial score (nSPS) is 28.0. The fourth-order valence-corrected chi connectivity index (χ4v) is 9.98. The van der Waals surface area contributed by atoms with E-state index in [1.54, 1.807) is 26.0 Å². The van der Waals surface area contributed by atoms with E-state index in [9.17, 15) is 54.3 Å². The Kier molecular flexibility index (Phi) is 12.0. The molecule has 7 atom stereocenters. The lowest BCUT2D eigenvalue weighted by molar-refractivity contribution is -0.222. The van der Waals surface area contributed by atoms with Gasteiger partial charge < -0.3 is 24.5 Å². The summed E-state index contributed by atoms with van der Waals surface area (Å²) >= 11 is 0. The molecule has 16 nitrogen and oxygen atoms in total. The van der Waals surface area contributed by atoms with Gasteiger partial charge in [-0.1, -0.05) is 26.0 Å². The molecule has 0 bridgehead atoms. The summed E-state index contributed by atoms with van der Waals surface area (Å²) in [5.41, 5.74) is -6.64. The van der Waals surface area contributed by atoms with E-state index in [0.29, 0.717) is 38.0 Å². The van der Waals surface area contributed by atoms with Crippen LogP contribution in [0.2, 0.25) is 0 Å². The Bertz CT molecular complexity index is 2540. The molecule has 0 unspecified atom stereocenters. The number of carboxylic acid groups (broad SMARTS) is 1. The van der Waals surface area contributed by atoms with E-state index in [1.165, 1.54) is 38.2 Å². The third-order valence-corrected chi connectivity index (χ3v) is 15.2. The second kappa shape index (κ2) is 16.4. The average Bonchev–Trinajstić information content (AvgIpc) is 4.00. The summed E-state index contributed by atoms with van der Waals surface area (Å²) in [7, 11) is -4.24. The summed E-state index contributed by atoms with van der Waals surface area (Å²) in [5, 5.41) is 13.0. The third-order valence-electron chi connectivity index (χ3n) is 13.0. The van der Waals surface area contributed by atoms with Crippen LogP contribution in [0.5, 0.6) is 5.88 Å². The van der Waals surface area contributed by atoms with Crippen molar-refractivity contribution in [2.45, 2.75) is 133 Å². The maximum absolute atomic E-state index is 15.1. The molecule has 4 amide bonds. The molecule has 23 heteroatoms. The zero-order chi connectivity index (χ0) is 47.8. The molecule has 2 aliphatic carbocycles. The summed E-state index contributed by atoms with van der Waals surface area (Å²) in [6.07, 6.45) is -8.66. The number of nitrogens with one attached hydrogen (secondary N) is 2. The van der Waals surface area contributed by atoms with Crippen LogP contribution in [0, 0.1) is 24.7 Å². The van der Waals surface area contributed by atoms with Crippen LogP contribution in [0.25, 0.3) is 22.5 Å². The summed E-state index contributed by atoms with van der Waals surface area (Å²) in [6, 6.07) is 0.112. The fourth-order valence-electron chi connectivity index (χ4n) is 8.67. The minimum Gasteiger partial charge on any atom is -0.471 e. The number of aryl methyl sites for hydroxylation is 1. The van der Waals surface area contributed by atoms with E-state index in [-0.39, 0.29) is 53.4 Å². The topological polar surface area (TPSA) is 214 Å². The van der Waals surface area contributed by atoms with Gasteiger partial charge in [0, 0.05) is 17.9 Å². The van der Waals surface area contributed by atoms with Crippen LogP contribution in [0.15, 0.2) is 41.0 Å². The van der Waals surface area contributed by atoms with Crippen molar-refractivity contribution < 1.29 is 68.2 Å². The van der Waals surface area contributed by atoms with Gasteiger partial charge in [0.05, 0.1) is 28.5 Å². The molecule has 7 rings (SSSR count). The van der Waals surface area contributed by atoms with Crippen LogP contribution in [0.3, 0.4) is 0 Å². The Morgan fingerprint density at radius 2 is 1.75 bits per heavy atom. The molecule has 2 aliphatic heterocycles. The number of alkyl halides is 6. The molecule has 354 valence electrons. The van der Waals surface area contributed by atoms with E-state index in [1.807, 2.05) is 0 Å². The van der Waals surface area contributed by atoms with Gasteiger partial charge in [-0.3, -0.25) is 24.0 Å². The Labute approximate surface area is 369 Å². The highest BCUT2D eigenvalue weighted by atomic mass is 32.2. The predicted molar refractivity (Wildman–Crippen MR) is 218 cm³/mol. The molecule has 2 saturated carbocycles. The van der Waals surface area contributed by atoms with Gasteiger partial charge in [0.25, 0.3) is 5.91 Å². The number of sulfonamides is 1. The highest BCUT2D eigenvalue weighted by molar-refractivity contribution is 7.91. The van der Waals surface area contributed by atoms with Gasteiger partial charge in [-0.2, -0.15) is 26.3 Å². The molecule has 1 saturated heterocycles. The van der Waals surface area contributed by atoms with Crippen molar-refractivity contribution in [1.29, 1.82) is 0 Å². The van der Waals surface area contributed by atoms with Crippen LogP contribution in [-0.2, 0) is 30.6 Å². The maximum atomic E-state index is 15.1. The van der Waals surface area contributed by atoms with E-state index in [2.05, 4.69) is 25.0 Å². The van der Waals surface area contributed by atoms with Gasteiger partial charge in [0.1, 0.15) is 35.0 Å². The maximum Gasteiger partial charge on any atom is 0.438 e. The summed E-state index contributed by atoms with van der Waals surface area (Å²) < 4.78 is 127. The van der Waals surface area contributed by atoms with Crippen LogP contribution >= 0.6 is 0 Å². The molecule has 4 heterocycles. The van der Waals surface area contributed by atoms with Crippen molar-refractivity contribution in [3.63, 3.8) is 0 Å². The van der Waals surface area contributed by atoms with Crippen molar-refractivity contribution in [3.8, 4) is 17.3 Å². The molecular formula is C42H49F6N7O9S. The highest BCUT2D eigenvalue weighted by Crippen LogP contribution is 2.48. The lowest BCUT2D eigenvalue weighted by Gasteiger charge is -2.45. The SMILES string of the molecule is Cc1cnc(-c2ccc3nc(C(F)(F)F)c(O[C@@H]4C[C@H]5C(=O)N[C@]6(C(=O)NS(=O)(=O)C7(C)CC7)C[C@H]6/C=C\CC[C@@H](C)C[C@@H](C)[C@H](N(C(=O)O)C(C)(C)C(F)(F)F)C(=O)N5C4)nc3c2)o1. The minimum absolute atomic E-state index is 0.00738. The van der Waals surface area contributed by atoms with Gasteiger partial charge in [-0.15, -0.1) is 0 Å². The number of carbonyl (C=O) groups excluding carboxylic acids is 3. The number of carbonyl (C=O) groups is 4. The standard InChI is InChI=1S/C42H49F6N7O9S/c1-21-9-7-8-10-25-18-40(25,36(58)53-65(61,62)39(6)13-14-39)52-32(56)29-17-26(20-54(29)35(57)30(22(2)15-21)55(37(59)60)38(4,5)42(46,47)48)64-34-31(41(43,44)45)50-27-12-11-24(16-28(27)51-34)33-49-19-23(3)63-33/h8,10-12,16,19,21-22,25-26,29-30H,7,9,13-15,17-18,20H2,1-6H3,(H,52,56)(H,53,58)(H,59,60)/b10-8-/t21-,22-,25-,26-,29+,30+,40-/m1/s1. The molecule has 0 radical (unpaired) electrons. The summed E-state index contributed by atoms with van der Waals surface area (Å²) in [5.74, 6) is -6.18. The molecule has 1 aromatic carbocycles. The number of hydrogen-bond donors (Lipinski definition) is 3. The number of allylic oxidation sites excluding steroid dienone is 1. The number of fused-ring (bicyclic) bond motifs is 3. The zero-order valence-electron chi connectivity index (χ0n) is 36.2. The first kappa shape index (κ1) is 47.5. The van der Waals surface area contributed by atoms with Crippen LogP contribution < -0.4 is 14.8 Å². The minimum atomic E-state index is -5.22. The number of halogens is 6. The molecular weight excluding hydrogens is 893 g/mol. The summed E-state index contributed by atoms with van der Waals surface area (Å²) in [6.45, 7) is 6.64. The van der Waals surface area contributed by atoms with Crippen molar-refractivity contribution in [1.82, 2.24) is 34.8 Å². The first-order valence-electron chi connectivity index (χ1n) is 21.0. The number of oxazole rings is 1. The number of amides is 4. The molecule has 4 aliphatic rings. The Balaban J connectivity index is 1.32. The van der Waals surface area contributed by atoms with E-state index >= 15 is 4.79 Å². The lowest BCUT2D eigenvalue weighted by Crippen LogP contribution is -2.66. The van der Waals surface area contributed by atoms with Gasteiger partial charge in [0.15, 0.2) is 0 Å². The fraction of sp³-hybridized carbons (Fsp3) is 0.595. The Morgan fingerprint density at radius 1 is 1.06 bits per heavy atom. The predicted octanol–water partition coefficient (Wildman–Crippen LogP) is 6.54. The quantitative estimate of drug-likeness (QED) is 0.162. The molecule has 65 heavy (non-hydrogen) atoms. The molecule has 2 aromatic heterocycles. The van der Waals surface area contributed by atoms with E-state index in [0.717, 1.165) is 4.90 Å². The van der Waals surface area contributed by atoms with Gasteiger partial charge in [-0.05, 0) is 96.3 Å².